The molecule has 0 unspecified atom stereocenters. The van der Waals surface area contributed by atoms with Crippen molar-refractivity contribution in [3.8, 4) is 0 Å². The monoisotopic (exact) mass is 238 g/mol. The summed E-state index contributed by atoms with van der Waals surface area (Å²) in [6.07, 6.45) is 5.82. The van der Waals surface area contributed by atoms with Crippen LogP contribution in [0.2, 0.25) is 0 Å². The average molecular weight is 238 g/mol. The summed E-state index contributed by atoms with van der Waals surface area (Å²) in [6, 6.07) is 0. The number of nitrogens with two attached hydrogens (primary N) is 2. The fraction of sp³-hybridized carbons (Fsp3) is 0.769. The smallest absolute Gasteiger partial charge is 0.146 e. The largest absolute Gasteiger partial charge is 0.382 e. The van der Waals surface area contributed by atoms with Gasteiger partial charge in [0, 0.05) is 5.41 Å². The molecule has 4 N–H and O–H groups in total. The number of anilines is 1. The van der Waals surface area contributed by atoms with Gasteiger partial charge in [-0.2, -0.15) is 0 Å². The number of nitrogen functional groups attached to an aromatic ring is 2. The summed E-state index contributed by atoms with van der Waals surface area (Å²) in [4.78, 5) is 4.59. The lowest BCUT2D eigenvalue weighted by Crippen LogP contribution is -2.24. The van der Waals surface area contributed by atoms with Gasteiger partial charge in [0.1, 0.15) is 11.6 Å². The Bertz CT molecular complexity index is 360. The van der Waals surface area contributed by atoms with Crippen molar-refractivity contribution >= 4 is 5.82 Å². The van der Waals surface area contributed by atoms with E-state index in [1.165, 1.54) is 23.9 Å². The van der Waals surface area contributed by atoms with Crippen LogP contribution in [0.15, 0.2) is 0 Å². The molecule has 1 rings (SSSR count). The predicted octanol–water partition coefficient (Wildman–Crippen LogP) is 2.60. The molecule has 1 heterocycles. The summed E-state index contributed by atoms with van der Waals surface area (Å²) in [5.41, 5.74) is 6.88. The van der Waals surface area contributed by atoms with Gasteiger partial charge in [0.25, 0.3) is 0 Å². The minimum absolute atomic E-state index is 0.0649. The van der Waals surface area contributed by atoms with Crippen LogP contribution in [0, 0.1) is 0 Å². The fourth-order valence-corrected chi connectivity index (χ4v) is 1.92. The number of rotatable bonds is 5. The van der Waals surface area contributed by atoms with Crippen molar-refractivity contribution in [1.82, 2.24) is 9.66 Å². The third-order valence-corrected chi connectivity index (χ3v) is 2.96. The number of aryl methyl sites for hydroxylation is 1. The van der Waals surface area contributed by atoms with Crippen LogP contribution in [-0.2, 0) is 11.8 Å². The summed E-state index contributed by atoms with van der Waals surface area (Å²) in [7, 11) is 0. The summed E-state index contributed by atoms with van der Waals surface area (Å²) < 4.78 is 1.54. The topological polar surface area (TPSA) is 69.9 Å². The van der Waals surface area contributed by atoms with Gasteiger partial charge in [-0.3, -0.25) is 0 Å². The summed E-state index contributed by atoms with van der Waals surface area (Å²) >= 11 is 0. The molecule has 1 aromatic rings. The van der Waals surface area contributed by atoms with Crippen LogP contribution in [0.4, 0.5) is 5.82 Å². The van der Waals surface area contributed by atoms with E-state index in [0.717, 1.165) is 24.4 Å². The van der Waals surface area contributed by atoms with Crippen molar-refractivity contribution in [3.05, 3.63) is 11.5 Å². The van der Waals surface area contributed by atoms with Crippen LogP contribution in [0.25, 0.3) is 0 Å². The van der Waals surface area contributed by atoms with Gasteiger partial charge < -0.3 is 11.6 Å². The molecule has 0 aliphatic rings. The van der Waals surface area contributed by atoms with E-state index in [-0.39, 0.29) is 5.41 Å². The third kappa shape index (κ3) is 3.38. The van der Waals surface area contributed by atoms with E-state index in [4.69, 9.17) is 11.6 Å². The first kappa shape index (κ1) is 13.9. The zero-order chi connectivity index (χ0) is 13.1. The molecule has 0 atom stereocenters. The Morgan fingerprint density at radius 3 is 2.29 bits per heavy atom. The Morgan fingerprint density at radius 2 is 1.82 bits per heavy atom. The van der Waals surface area contributed by atoms with Crippen LogP contribution in [-0.4, -0.2) is 9.66 Å². The summed E-state index contributed by atoms with van der Waals surface area (Å²) in [5, 5.41) is 0. The van der Waals surface area contributed by atoms with Crippen molar-refractivity contribution in [2.24, 2.45) is 0 Å². The molecule has 0 amide bonds. The number of nitrogens with zero attached hydrogens (tertiary/aromatic N) is 2. The van der Waals surface area contributed by atoms with E-state index in [2.05, 4.69) is 32.7 Å². The van der Waals surface area contributed by atoms with E-state index >= 15 is 0 Å². The lowest BCUT2D eigenvalue weighted by atomic mass is 9.96. The van der Waals surface area contributed by atoms with E-state index in [0.29, 0.717) is 5.82 Å². The van der Waals surface area contributed by atoms with Crippen molar-refractivity contribution in [1.29, 1.82) is 0 Å². The lowest BCUT2D eigenvalue weighted by Gasteiger charge is -2.17. The third-order valence-electron chi connectivity index (χ3n) is 2.96. The second-order valence-electron chi connectivity index (χ2n) is 5.70. The van der Waals surface area contributed by atoms with Crippen molar-refractivity contribution < 1.29 is 0 Å². The van der Waals surface area contributed by atoms with Crippen LogP contribution in [0.1, 0.15) is 64.9 Å². The van der Waals surface area contributed by atoms with Gasteiger partial charge in [-0.05, 0) is 12.8 Å². The molecule has 0 spiro atoms. The Balaban J connectivity index is 2.74. The standard InChI is InChI=1S/C13H26N4/c1-5-6-7-8-9-10-11(14)17(15)12(16-10)13(2,3)4/h5-9,14-15H2,1-4H3. The van der Waals surface area contributed by atoms with Gasteiger partial charge in [0.15, 0.2) is 0 Å². The van der Waals surface area contributed by atoms with Crippen molar-refractivity contribution in [2.45, 2.75) is 65.2 Å². The molecule has 0 saturated carbocycles. The molecular formula is C13H26N4. The highest BCUT2D eigenvalue weighted by atomic mass is 15.4. The number of hydrogen-bond donors (Lipinski definition) is 2. The van der Waals surface area contributed by atoms with Gasteiger partial charge in [-0.15, -0.1) is 0 Å². The molecule has 0 fully saturated rings. The van der Waals surface area contributed by atoms with E-state index in [9.17, 15) is 0 Å². The molecule has 4 heteroatoms. The molecule has 0 radical (unpaired) electrons. The van der Waals surface area contributed by atoms with Gasteiger partial charge in [-0.25, -0.2) is 9.66 Å². The minimum Gasteiger partial charge on any atom is -0.382 e. The van der Waals surface area contributed by atoms with Gasteiger partial charge >= 0.3 is 0 Å². The second-order valence-corrected chi connectivity index (χ2v) is 5.70. The molecule has 98 valence electrons. The van der Waals surface area contributed by atoms with Crippen LogP contribution in [0.3, 0.4) is 0 Å². The van der Waals surface area contributed by atoms with Crippen molar-refractivity contribution in [2.75, 3.05) is 11.6 Å². The first-order valence-electron chi connectivity index (χ1n) is 6.50. The maximum atomic E-state index is 5.99. The maximum Gasteiger partial charge on any atom is 0.146 e. The second kappa shape index (κ2) is 5.43. The van der Waals surface area contributed by atoms with Gasteiger partial charge in [0.05, 0.1) is 5.69 Å². The minimum atomic E-state index is -0.0649. The highest BCUT2D eigenvalue weighted by molar-refractivity contribution is 5.39. The van der Waals surface area contributed by atoms with E-state index in [1.54, 1.807) is 0 Å². The normalized spacial score (nSPS) is 12.0. The Morgan fingerprint density at radius 1 is 1.18 bits per heavy atom. The fourth-order valence-electron chi connectivity index (χ4n) is 1.92. The van der Waals surface area contributed by atoms with Crippen LogP contribution < -0.4 is 11.6 Å². The molecule has 1 aromatic heterocycles. The van der Waals surface area contributed by atoms with Crippen LogP contribution >= 0.6 is 0 Å². The first-order chi connectivity index (χ1) is 7.88. The highest BCUT2D eigenvalue weighted by Crippen LogP contribution is 2.24. The molecule has 0 bridgehead atoms. The number of imidazole rings is 1. The molecule has 0 aromatic carbocycles. The Kier molecular flexibility index (Phi) is 4.43. The number of unbranched alkanes of at least 4 members (excludes halogenated alkanes) is 3. The zero-order valence-corrected chi connectivity index (χ0v) is 11.6. The number of aromatic nitrogens is 2. The molecule has 0 saturated heterocycles. The zero-order valence-electron chi connectivity index (χ0n) is 11.6. The van der Waals surface area contributed by atoms with E-state index in [1.807, 2.05) is 0 Å². The SMILES string of the molecule is CCCCCCc1nc(C(C)(C)C)n(N)c1N. The summed E-state index contributed by atoms with van der Waals surface area (Å²) in [6.45, 7) is 8.50. The molecule has 0 aliphatic heterocycles. The van der Waals surface area contributed by atoms with Gasteiger partial charge in [-0.1, -0.05) is 47.0 Å². The maximum absolute atomic E-state index is 5.99. The molecule has 17 heavy (non-hydrogen) atoms. The predicted molar refractivity (Wildman–Crippen MR) is 73.3 cm³/mol. The number of hydrogen-bond acceptors (Lipinski definition) is 3. The average Bonchev–Trinajstić information content (AvgIpc) is 2.51. The molecule has 4 nitrogen and oxygen atoms in total. The quantitative estimate of drug-likeness (QED) is 0.612. The van der Waals surface area contributed by atoms with Crippen LogP contribution in [0.5, 0.6) is 0 Å². The highest BCUT2D eigenvalue weighted by Gasteiger charge is 2.23. The van der Waals surface area contributed by atoms with E-state index < -0.39 is 0 Å². The first-order valence-corrected chi connectivity index (χ1v) is 6.50. The Labute approximate surface area is 104 Å². The summed E-state index contributed by atoms with van der Waals surface area (Å²) in [5.74, 6) is 7.43. The molecular weight excluding hydrogens is 212 g/mol. The van der Waals surface area contributed by atoms with Gasteiger partial charge in [0.2, 0.25) is 0 Å². The lowest BCUT2D eigenvalue weighted by molar-refractivity contribution is 0.530. The Hall–Kier alpha value is -1.19. The molecule has 0 aliphatic carbocycles. The van der Waals surface area contributed by atoms with Crippen molar-refractivity contribution in [3.63, 3.8) is 0 Å².